The van der Waals surface area contributed by atoms with Crippen molar-refractivity contribution in [3.63, 3.8) is 0 Å². The molecule has 0 aliphatic carbocycles. The normalized spacial score (nSPS) is 10.3. The van der Waals surface area contributed by atoms with Crippen LogP contribution in [-0.2, 0) is 5.75 Å². The van der Waals surface area contributed by atoms with Gasteiger partial charge in [0.1, 0.15) is 0 Å². The molecule has 0 bridgehead atoms. The van der Waals surface area contributed by atoms with Crippen LogP contribution in [0.5, 0.6) is 0 Å². The summed E-state index contributed by atoms with van der Waals surface area (Å²) in [5, 5.41) is 0. The van der Waals surface area contributed by atoms with E-state index in [4.69, 9.17) is 5.73 Å². The SMILES string of the molecule is Cc1ccc(SCc2cccc(N)c2)cc1. The number of benzene rings is 2. The molecular formula is C14H15NS. The summed E-state index contributed by atoms with van der Waals surface area (Å²) >= 11 is 1.84. The summed E-state index contributed by atoms with van der Waals surface area (Å²) in [5.74, 6) is 0.966. The Kier molecular flexibility index (Phi) is 3.52. The van der Waals surface area contributed by atoms with E-state index in [0.717, 1.165) is 11.4 Å². The number of hydrogen-bond donors (Lipinski definition) is 1. The van der Waals surface area contributed by atoms with Gasteiger partial charge in [0.15, 0.2) is 0 Å². The lowest BCUT2D eigenvalue weighted by Gasteiger charge is -2.03. The van der Waals surface area contributed by atoms with Crippen LogP contribution in [0.25, 0.3) is 0 Å². The van der Waals surface area contributed by atoms with Gasteiger partial charge in [0.25, 0.3) is 0 Å². The molecule has 0 fully saturated rings. The van der Waals surface area contributed by atoms with Crippen LogP contribution in [0.15, 0.2) is 53.4 Å². The number of nitrogens with two attached hydrogens (primary N) is 1. The van der Waals surface area contributed by atoms with Gasteiger partial charge in [-0.05, 0) is 36.8 Å². The number of aryl methyl sites for hydroxylation is 1. The molecule has 0 aliphatic heterocycles. The summed E-state index contributed by atoms with van der Waals surface area (Å²) < 4.78 is 0. The molecule has 0 atom stereocenters. The van der Waals surface area contributed by atoms with Crippen molar-refractivity contribution >= 4 is 17.4 Å². The monoisotopic (exact) mass is 229 g/mol. The van der Waals surface area contributed by atoms with E-state index in [1.54, 1.807) is 0 Å². The van der Waals surface area contributed by atoms with Crippen LogP contribution in [0.1, 0.15) is 11.1 Å². The van der Waals surface area contributed by atoms with Crippen LogP contribution in [0.2, 0.25) is 0 Å². The molecule has 2 rings (SSSR count). The zero-order valence-corrected chi connectivity index (χ0v) is 10.1. The second-order valence-corrected chi connectivity index (χ2v) is 4.90. The highest BCUT2D eigenvalue weighted by molar-refractivity contribution is 7.98. The minimum Gasteiger partial charge on any atom is -0.399 e. The minimum atomic E-state index is 0.835. The number of rotatable bonds is 3. The predicted molar refractivity (Wildman–Crippen MR) is 71.6 cm³/mol. The number of nitrogen functional groups attached to an aromatic ring is 1. The first kappa shape index (κ1) is 11.1. The van der Waals surface area contributed by atoms with Crippen molar-refractivity contribution < 1.29 is 0 Å². The van der Waals surface area contributed by atoms with Crippen molar-refractivity contribution in [3.05, 3.63) is 59.7 Å². The van der Waals surface area contributed by atoms with E-state index >= 15 is 0 Å². The molecule has 2 aromatic carbocycles. The molecule has 16 heavy (non-hydrogen) atoms. The minimum absolute atomic E-state index is 0.835. The van der Waals surface area contributed by atoms with Crippen LogP contribution in [0.4, 0.5) is 5.69 Å². The molecule has 0 saturated heterocycles. The van der Waals surface area contributed by atoms with E-state index in [1.807, 2.05) is 30.0 Å². The molecule has 0 radical (unpaired) electrons. The Morgan fingerprint density at radius 2 is 1.81 bits per heavy atom. The summed E-state index contributed by atoms with van der Waals surface area (Å²) in [7, 11) is 0. The van der Waals surface area contributed by atoms with Crippen LogP contribution < -0.4 is 5.73 Å². The van der Waals surface area contributed by atoms with E-state index in [0.29, 0.717) is 0 Å². The standard InChI is InChI=1S/C14H15NS/c1-11-5-7-14(8-6-11)16-10-12-3-2-4-13(15)9-12/h2-9H,10,15H2,1H3. The number of thioether (sulfide) groups is 1. The van der Waals surface area contributed by atoms with Gasteiger partial charge in [-0.1, -0.05) is 29.8 Å². The third kappa shape index (κ3) is 3.04. The largest absolute Gasteiger partial charge is 0.399 e. The van der Waals surface area contributed by atoms with E-state index in [1.165, 1.54) is 16.0 Å². The summed E-state index contributed by atoms with van der Waals surface area (Å²) in [4.78, 5) is 1.30. The molecule has 0 aliphatic rings. The highest BCUT2D eigenvalue weighted by atomic mass is 32.2. The quantitative estimate of drug-likeness (QED) is 0.638. The molecule has 0 unspecified atom stereocenters. The van der Waals surface area contributed by atoms with Crippen LogP contribution >= 0.6 is 11.8 Å². The Morgan fingerprint density at radius 1 is 1.06 bits per heavy atom. The van der Waals surface area contributed by atoms with Crippen molar-refractivity contribution in [3.8, 4) is 0 Å². The van der Waals surface area contributed by atoms with Gasteiger partial charge >= 0.3 is 0 Å². The fraction of sp³-hybridized carbons (Fsp3) is 0.143. The fourth-order valence-corrected chi connectivity index (χ4v) is 2.33. The first-order chi connectivity index (χ1) is 7.74. The van der Waals surface area contributed by atoms with Gasteiger partial charge in [0, 0.05) is 16.3 Å². The van der Waals surface area contributed by atoms with E-state index in [2.05, 4.69) is 37.3 Å². The molecule has 1 nitrogen and oxygen atoms in total. The Labute approximate surface area is 101 Å². The van der Waals surface area contributed by atoms with Gasteiger partial charge in [-0.15, -0.1) is 11.8 Å². The first-order valence-corrected chi connectivity index (χ1v) is 6.26. The zero-order chi connectivity index (χ0) is 11.4. The average Bonchev–Trinajstić information content (AvgIpc) is 2.28. The maximum absolute atomic E-state index is 5.74. The summed E-state index contributed by atoms with van der Waals surface area (Å²) in [5.41, 5.74) is 9.14. The molecule has 0 heterocycles. The molecular weight excluding hydrogens is 214 g/mol. The third-order valence-electron chi connectivity index (χ3n) is 2.38. The Hall–Kier alpha value is -1.41. The second-order valence-electron chi connectivity index (χ2n) is 3.85. The lowest BCUT2D eigenvalue weighted by Crippen LogP contribution is -1.86. The van der Waals surface area contributed by atoms with Crippen molar-refractivity contribution in [1.82, 2.24) is 0 Å². The molecule has 2 aromatic rings. The van der Waals surface area contributed by atoms with Crippen LogP contribution in [-0.4, -0.2) is 0 Å². The lowest BCUT2D eigenvalue weighted by molar-refractivity contribution is 1.35. The van der Waals surface area contributed by atoms with Crippen molar-refractivity contribution in [2.24, 2.45) is 0 Å². The molecule has 82 valence electrons. The first-order valence-electron chi connectivity index (χ1n) is 5.28. The smallest absolute Gasteiger partial charge is 0.0317 e. The molecule has 0 spiro atoms. The van der Waals surface area contributed by atoms with E-state index < -0.39 is 0 Å². The van der Waals surface area contributed by atoms with Crippen molar-refractivity contribution in [2.75, 3.05) is 5.73 Å². The summed E-state index contributed by atoms with van der Waals surface area (Å²) in [6.07, 6.45) is 0. The Bertz CT molecular complexity index is 462. The number of hydrogen-bond acceptors (Lipinski definition) is 2. The molecule has 2 N–H and O–H groups in total. The molecule has 0 aromatic heterocycles. The maximum atomic E-state index is 5.74. The lowest BCUT2D eigenvalue weighted by atomic mass is 10.2. The maximum Gasteiger partial charge on any atom is 0.0317 e. The molecule has 0 saturated carbocycles. The predicted octanol–water partition coefficient (Wildman–Crippen LogP) is 3.87. The fourth-order valence-electron chi connectivity index (χ4n) is 1.48. The van der Waals surface area contributed by atoms with Gasteiger partial charge in [-0.2, -0.15) is 0 Å². The Morgan fingerprint density at radius 3 is 2.50 bits per heavy atom. The molecule has 0 amide bonds. The van der Waals surface area contributed by atoms with Crippen molar-refractivity contribution in [1.29, 1.82) is 0 Å². The second kappa shape index (κ2) is 5.08. The van der Waals surface area contributed by atoms with Crippen molar-refractivity contribution in [2.45, 2.75) is 17.6 Å². The highest BCUT2D eigenvalue weighted by Crippen LogP contribution is 2.23. The van der Waals surface area contributed by atoms with E-state index in [9.17, 15) is 0 Å². The van der Waals surface area contributed by atoms with Gasteiger partial charge in [0.05, 0.1) is 0 Å². The van der Waals surface area contributed by atoms with Gasteiger partial charge < -0.3 is 5.73 Å². The van der Waals surface area contributed by atoms with E-state index in [-0.39, 0.29) is 0 Å². The highest BCUT2D eigenvalue weighted by Gasteiger charge is 1.96. The topological polar surface area (TPSA) is 26.0 Å². The summed E-state index contributed by atoms with van der Waals surface area (Å²) in [6.45, 7) is 2.10. The average molecular weight is 229 g/mol. The van der Waals surface area contributed by atoms with Gasteiger partial charge in [0.2, 0.25) is 0 Å². The van der Waals surface area contributed by atoms with Gasteiger partial charge in [-0.25, -0.2) is 0 Å². The Balaban J connectivity index is 1.99. The zero-order valence-electron chi connectivity index (χ0n) is 9.31. The summed E-state index contributed by atoms with van der Waals surface area (Å²) in [6, 6.07) is 16.7. The van der Waals surface area contributed by atoms with Crippen LogP contribution in [0, 0.1) is 6.92 Å². The molecule has 2 heteroatoms. The van der Waals surface area contributed by atoms with Gasteiger partial charge in [-0.3, -0.25) is 0 Å². The number of anilines is 1. The third-order valence-corrected chi connectivity index (χ3v) is 3.46. The van der Waals surface area contributed by atoms with Crippen LogP contribution in [0.3, 0.4) is 0 Å².